The van der Waals surface area contributed by atoms with E-state index in [9.17, 15) is 0 Å². The largest absolute Gasteiger partial charge is 0.0654 e. The number of hydrogen-bond acceptors (Lipinski definition) is 0. The van der Waals surface area contributed by atoms with Gasteiger partial charge in [-0.05, 0) is 18.3 Å². The van der Waals surface area contributed by atoms with Gasteiger partial charge in [0.15, 0.2) is 0 Å². The molecule has 0 aromatic rings. The Hall–Kier alpha value is 0. The highest BCUT2D eigenvalue weighted by Gasteiger charge is 2.24. The van der Waals surface area contributed by atoms with Crippen LogP contribution in [0.1, 0.15) is 39.5 Å². The van der Waals surface area contributed by atoms with Crippen molar-refractivity contribution in [3.05, 3.63) is 0 Å². The highest BCUT2D eigenvalue weighted by Crippen LogP contribution is 2.36. The monoisotopic (exact) mass is 112 g/mol. The number of rotatable bonds is 2. The molecular formula is C8H16. The van der Waals surface area contributed by atoms with Crippen molar-refractivity contribution >= 4 is 0 Å². The van der Waals surface area contributed by atoms with Crippen molar-refractivity contribution in [2.24, 2.45) is 11.8 Å². The second-order valence-electron chi connectivity index (χ2n) is 3.10. The lowest BCUT2D eigenvalue weighted by atomic mass is 9.73. The molecule has 8 heavy (non-hydrogen) atoms. The first-order valence-corrected chi connectivity index (χ1v) is 3.84. The van der Waals surface area contributed by atoms with Gasteiger partial charge in [-0.2, -0.15) is 0 Å². The fourth-order valence-corrected chi connectivity index (χ4v) is 1.54. The predicted molar refractivity (Wildman–Crippen MR) is 36.8 cm³/mol. The van der Waals surface area contributed by atoms with Crippen LogP contribution in [0.15, 0.2) is 0 Å². The van der Waals surface area contributed by atoms with E-state index in [2.05, 4.69) is 13.8 Å². The van der Waals surface area contributed by atoms with Gasteiger partial charge in [-0.3, -0.25) is 0 Å². The molecule has 0 aliphatic heterocycles. The predicted octanol–water partition coefficient (Wildman–Crippen LogP) is 2.83. The Morgan fingerprint density at radius 1 is 1.38 bits per heavy atom. The molecule has 0 heteroatoms. The molecule has 0 spiro atoms. The standard InChI is InChI=1S/C8H16/c1-3-4-8-6-5-7(8)2/h7-8H,3-6H2,1-2H3/t7?,8-/m1/s1. The summed E-state index contributed by atoms with van der Waals surface area (Å²) in [4.78, 5) is 0. The van der Waals surface area contributed by atoms with Crippen LogP contribution in [0.5, 0.6) is 0 Å². The normalized spacial score (nSPS) is 36.8. The molecule has 2 atom stereocenters. The molecule has 0 saturated heterocycles. The van der Waals surface area contributed by atoms with Gasteiger partial charge in [-0.15, -0.1) is 0 Å². The Balaban J connectivity index is 2.08. The average Bonchev–Trinajstić information content (AvgIpc) is 1.79. The minimum atomic E-state index is 1.05. The van der Waals surface area contributed by atoms with E-state index in [0.717, 1.165) is 11.8 Å². The summed E-state index contributed by atoms with van der Waals surface area (Å²) in [5.41, 5.74) is 0. The maximum absolute atomic E-state index is 2.38. The summed E-state index contributed by atoms with van der Waals surface area (Å²) in [7, 11) is 0. The lowest BCUT2D eigenvalue weighted by Crippen LogP contribution is -2.22. The van der Waals surface area contributed by atoms with Crippen molar-refractivity contribution in [1.29, 1.82) is 0 Å². The highest BCUT2D eigenvalue weighted by atomic mass is 14.3. The van der Waals surface area contributed by atoms with Gasteiger partial charge in [-0.25, -0.2) is 0 Å². The fourth-order valence-electron chi connectivity index (χ4n) is 1.54. The van der Waals surface area contributed by atoms with Crippen molar-refractivity contribution in [2.75, 3.05) is 0 Å². The number of hydrogen-bond donors (Lipinski definition) is 0. The second kappa shape index (κ2) is 2.52. The maximum atomic E-state index is 2.38. The summed E-state index contributed by atoms with van der Waals surface area (Å²) in [6, 6.07) is 0. The van der Waals surface area contributed by atoms with E-state index in [1.54, 1.807) is 0 Å². The zero-order chi connectivity index (χ0) is 5.98. The summed E-state index contributed by atoms with van der Waals surface area (Å²) in [5, 5.41) is 0. The Bertz CT molecular complexity index is 66.4. The van der Waals surface area contributed by atoms with Gasteiger partial charge < -0.3 is 0 Å². The molecule has 1 saturated carbocycles. The molecule has 0 bridgehead atoms. The van der Waals surface area contributed by atoms with Gasteiger partial charge in [-0.1, -0.05) is 33.1 Å². The van der Waals surface area contributed by atoms with Gasteiger partial charge in [0.25, 0.3) is 0 Å². The van der Waals surface area contributed by atoms with Gasteiger partial charge in [0, 0.05) is 0 Å². The highest BCUT2D eigenvalue weighted by molar-refractivity contribution is 4.76. The van der Waals surface area contributed by atoms with Gasteiger partial charge in [0.05, 0.1) is 0 Å². The molecule has 0 N–H and O–H groups in total. The summed E-state index contributed by atoms with van der Waals surface area (Å²) in [6.45, 7) is 4.66. The third-order valence-electron chi connectivity index (χ3n) is 2.46. The fraction of sp³-hybridized carbons (Fsp3) is 1.00. The molecule has 0 aromatic heterocycles. The van der Waals surface area contributed by atoms with E-state index in [4.69, 9.17) is 0 Å². The first-order valence-electron chi connectivity index (χ1n) is 3.84. The van der Waals surface area contributed by atoms with Crippen molar-refractivity contribution in [3.63, 3.8) is 0 Å². The van der Waals surface area contributed by atoms with E-state index in [-0.39, 0.29) is 0 Å². The van der Waals surface area contributed by atoms with Gasteiger partial charge in [0.2, 0.25) is 0 Å². The molecule has 0 aromatic carbocycles. The van der Waals surface area contributed by atoms with Crippen LogP contribution in [0, 0.1) is 11.8 Å². The second-order valence-corrected chi connectivity index (χ2v) is 3.10. The lowest BCUT2D eigenvalue weighted by Gasteiger charge is -2.33. The van der Waals surface area contributed by atoms with Crippen LogP contribution >= 0.6 is 0 Å². The Morgan fingerprint density at radius 3 is 2.25 bits per heavy atom. The molecule has 0 radical (unpaired) electrons. The van der Waals surface area contributed by atoms with Crippen LogP contribution in [0.3, 0.4) is 0 Å². The van der Waals surface area contributed by atoms with Crippen molar-refractivity contribution in [1.82, 2.24) is 0 Å². The zero-order valence-corrected chi connectivity index (χ0v) is 5.98. The first-order chi connectivity index (χ1) is 3.84. The topological polar surface area (TPSA) is 0 Å². The van der Waals surface area contributed by atoms with Gasteiger partial charge in [0.1, 0.15) is 0 Å². The Labute approximate surface area is 52.3 Å². The van der Waals surface area contributed by atoms with E-state index >= 15 is 0 Å². The van der Waals surface area contributed by atoms with E-state index in [1.807, 2.05) is 0 Å². The molecule has 48 valence electrons. The van der Waals surface area contributed by atoms with Crippen LogP contribution in [0.2, 0.25) is 0 Å². The van der Waals surface area contributed by atoms with Crippen LogP contribution < -0.4 is 0 Å². The first kappa shape index (κ1) is 6.12. The molecule has 1 aliphatic carbocycles. The van der Waals surface area contributed by atoms with Crippen LogP contribution in [-0.2, 0) is 0 Å². The molecule has 1 aliphatic rings. The quantitative estimate of drug-likeness (QED) is 0.515. The Morgan fingerprint density at radius 2 is 2.12 bits per heavy atom. The molecule has 0 amide bonds. The van der Waals surface area contributed by atoms with Crippen molar-refractivity contribution in [3.8, 4) is 0 Å². The molecular weight excluding hydrogens is 96.1 g/mol. The lowest BCUT2D eigenvalue weighted by molar-refractivity contribution is 0.182. The zero-order valence-electron chi connectivity index (χ0n) is 5.98. The Kier molecular flexibility index (Phi) is 1.93. The molecule has 1 fully saturated rings. The summed E-state index contributed by atoms with van der Waals surface area (Å²) in [5.74, 6) is 2.15. The third kappa shape index (κ3) is 1.04. The molecule has 0 nitrogen and oxygen atoms in total. The SMILES string of the molecule is CCC[C@@H]1CCC1C. The smallest absolute Gasteiger partial charge is 0.0388 e. The third-order valence-corrected chi connectivity index (χ3v) is 2.46. The summed E-state index contributed by atoms with van der Waals surface area (Å²) in [6.07, 6.45) is 5.86. The van der Waals surface area contributed by atoms with Crippen molar-refractivity contribution < 1.29 is 0 Å². The van der Waals surface area contributed by atoms with E-state index in [1.165, 1.54) is 25.7 Å². The molecule has 0 heterocycles. The minimum absolute atomic E-state index is 1.05. The summed E-state index contributed by atoms with van der Waals surface area (Å²) < 4.78 is 0. The van der Waals surface area contributed by atoms with Crippen LogP contribution in [0.4, 0.5) is 0 Å². The minimum Gasteiger partial charge on any atom is -0.0654 e. The maximum Gasteiger partial charge on any atom is -0.0388 e. The average molecular weight is 112 g/mol. The van der Waals surface area contributed by atoms with Crippen LogP contribution in [-0.4, -0.2) is 0 Å². The van der Waals surface area contributed by atoms with Crippen molar-refractivity contribution in [2.45, 2.75) is 39.5 Å². The molecule has 1 unspecified atom stereocenters. The summed E-state index contributed by atoms with van der Waals surface area (Å²) >= 11 is 0. The van der Waals surface area contributed by atoms with Crippen LogP contribution in [0.25, 0.3) is 0 Å². The van der Waals surface area contributed by atoms with E-state index < -0.39 is 0 Å². The molecule has 1 rings (SSSR count). The van der Waals surface area contributed by atoms with Gasteiger partial charge >= 0.3 is 0 Å². The van der Waals surface area contributed by atoms with E-state index in [0.29, 0.717) is 0 Å².